The summed E-state index contributed by atoms with van der Waals surface area (Å²) >= 11 is 0. The average molecular weight is 313 g/mol. The minimum absolute atomic E-state index is 0. The Hall–Kier alpha value is -2.79. The molecule has 110 valence electrons. The second kappa shape index (κ2) is 5.54. The van der Waals surface area contributed by atoms with Gasteiger partial charge in [0.1, 0.15) is 11.3 Å². The van der Waals surface area contributed by atoms with Crippen LogP contribution < -0.4 is 33.6 Å². The van der Waals surface area contributed by atoms with Gasteiger partial charge in [0, 0.05) is 6.07 Å². The second-order valence-electron chi connectivity index (χ2n) is 4.89. The molecule has 0 unspecified atom stereocenters. The topological polar surface area (TPSA) is 71.1 Å². The van der Waals surface area contributed by atoms with Gasteiger partial charge in [0.15, 0.2) is 0 Å². The van der Waals surface area contributed by atoms with Crippen LogP contribution in [0.5, 0.6) is 0 Å². The summed E-state index contributed by atoms with van der Waals surface area (Å²) in [6.45, 7) is 0. The molecule has 0 saturated heterocycles. The lowest BCUT2D eigenvalue weighted by molar-refractivity contribution is -0.349. The first-order valence-corrected chi connectivity index (χ1v) is 6.69. The van der Waals surface area contributed by atoms with E-state index in [0.717, 1.165) is 28.2 Å². The third-order valence-electron chi connectivity index (χ3n) is 3.44. The van der Waals surface area contributed by atoms with Gasteiger partial charge in [0.25, 0.3) is 5.69 Å². The Balaban J connectivity index is 0.00000144. The molecule has 5 nitrogen and oxygen atoms in total. The standard InChI is InChI=1S/C16H12N4O.ClH/c21-16-14(17-10-5-1-4-8-13(10)20-16)9-15-18-11-6-2-3-7-12(11)19-15;/h1-9,18-19H,(H,20,21);1H. The fourth-order valence-electron chi connectivity index (χ4n) is 2.43. The van der Waals surface area contributed by atoms with E-state index in [0.29, 0.717) is 5.69 Å². The fraction of sp³-hybridized carbons (Fsp3) is 0. The number of aromatic amines is 2. The van der Waals surface area contributed by atoms with Crippen LogP contribution in [0.4, 0.5) is 11.4 Å². The van der Waals surface area contributed by atoms with Crippen molar-refractivity contribution in [2.75, 3.05) is 10.6 Å². The van der Waals surface area contributed by atoms with Crippen molar-refractivity contribution in [3.63, 3.8) is 0 Å². The number of anilines is 2. The zero-order valence-electron chi connectivity index (χ0n) is 11.5. The largest absolute Gasteiger partial charge is 1.00 e. The van der Waals surface area contributed by atoms with Crippen molar-refractivity contribution >= 4 is 28.5 Å². The molecule has 3 aromatic rings. The molecule has 1 aliphatic heterocycles. The van der Waals surface area contributed by atoms with E-state index in [1.54, 1.807) is 6.08 Å². The lowest BCUT2D eigenvalue weighted by atomic mass is 10.3. The first-order valence-electron chi connectivity index (χ1n) is 6.69. The van der Waals surface area contributed by atoms with Gasteiger partial charge in [0.05, 0.1) is 17.5 Å². The maximum Gasteiger partial charge on any atom is 0.320 e. The first-order chi connectivity index (χ1) is 10.3. The van der Waals surface area contributed by atoms with Crippen LogP contribution in [0.15, 0.2) is 59.1 Å². The highest BCUT2D eigenvalue weighted by molar-refractivity contribution is 5.81. The van der Waals surface area contributed by atoms with Crippen molar-refractivity contribution in [1.82, 2.24) is 4.98 Å². The van der Waals surface area contributed by atoms with Gasteiger partial charge in [0.2, 0.25) is 5.52 Å². The fourth-order valence-corrected chi connectivity index (χ4v) is 2.43. The van der Waals surface area contributed by atoms with E-state index >= 15 is 0 Å². The number of fused-ring (bicyclic) bond motifs is 2. The number of nitrogens with one attached hydrogen (secondary N) is 4. The Labute approximate surface area is 132 Å². The Morgan fingerprint density at radius 2 is 1.55 bits per heavy atom. The van der Waals surface area contributed by atoms with Crippen molar-refractivity contribution in [1.29, 1.82) is 0 Å². The van der Waals surface area contributed by atoms with Crippen LogP contribution in [-0.4, -0.2) is 4.98 Å². The van der Waals surface area contributed by atoms with Crippen LogP contribution in [0.2, 0.25) is 0 Å². The number of para-hydroxylation sites is 4. The van der Waals surface area contributed by atoms with Crippen LogP contribution >= 0.6 is 0 Å². The van der Waals surface area contributed by atoms with E-state index in [-0.39, 0.29) is 18.0 Å². The number of hydrogen-bond donors (Lipinski definition) is 3. The Morgan fingerprint density at radius 1 is 0.909 bits per heavy atom. The molecule has 1 aromatic heterocycles. The molecule has 0 aliphatic carbocycles. The molecule has 2 heterocycles. The lowest BCUT2D eigenvalue weighted by Crippen LogP contribution is -3.00. The van der Waals surface area contributed by atoms with Crippen molar-refractivity contribution in [2.24, 2.45) is 0 Å². The molecular weight excluding hydrogens is 300 g/mol. The average Bonchev–Trinajstić information content (AvgIpc) is 2.90. The lowest BCUT2D eigenvalue weighted by Gasteiger charge is -1.98. The maximum atomic E-state index is 12.1. The van der Waals surface area contributed by atoms with E-state index in [9.17, 15) is 4.79 Å². The minimum Gasteiger partial charge on any atom is -1.00 e. The molecule has 0 saturated carbocycles. The summed E-state index contributed by atoms with van der Waals surface area (Å²) in [7, 11) is 0. The van der Waals surface area contributed by atoms with E-state index in [1.165, 1.54) is 0 Å². The molecule has 4 rings (SSSR count). The molecule has 1 aliphatic rings. The molecule has 22 heavy (non-hydrogen) atoms. The number of rotatable bonds is 1. The summed E-state index contributed by atoms with van der Waals surface area (Å²) in [4.78, 5) is 18.1. The summed E-state index contributed by atoms with van der Waals surface area (Å²) in [5.74, 6) is 0.772. The van der Waals surface area contributed by atoms with Crippen molar-refractivity contribution in [2.45, 2.75) is 0 Å². The Kier molecular flexibility index (Phi) is 3.56. The third-order valence-corrected chi connectivity index (χ3v) is 3.44. The molecule has 0 bridgehead atoms. The van der Waals surface area contributed by atoms with Crippen molar-refractivity contribution < 1.29 is 17.4 Å². The van der Waals surface area contributed by atoms with E-state index in [1.807, 2.05) is 48.5 Å². The van der Waals surface area contributed by atoms with Crippen LogP contribution in [0.1, 0.15) is 5.69 Å². The molecule has 6 heteroatoms. The third kappa shape index (κ3) is 2.42. The van der Waals surface area contributed by atoms with Gasteiger partial charge in [-0.05, 0) is 18.2 Å². The van der Waals surface area contributed by atoms with Gasteiger partial charge in [-0.25, -0.2) is 0 Å². The smallest absolute Gasteiger partial charge is 0.320 e. The molecule has 2 aromatic carbocycles. The van der Waals surface area contributed by atoms with Gasteiger partial charge in [-0.3, -0.25) is 4.79 Å². The number of hydrogen-bond acceptors (Lipinski definition) is 3. The quantitative estimate of drug-likeness (QED) is 0.550. The molecule has 0 fully saturated rings. The highest BCUT2D eigenvalue weighted by atomic mass is 35.5. The predicted molar refractivity (Wildman–Crippen MR) is 82.8 cm³/mol. The highest BCUT2D eigenvalue weighted by Gasteiger charge is 2.16. The maximum absolute atomic E-state index is 12.1. The van der Waals surface area contributed by atoms with Crippen molar-refractivity contribution in [3.05, 3.63) is 70.4 Å². The summed E-state index contributed by atoms with van der Waals surface area (Å²) < 4.78 is 0. The SMILES string of the molecule is O=c1[nH]c2ccccc2[nH+]c1C=C1Nc2ccccc2N1.[Cl-]. The minimum atomic E-state index is -0.152. The summed E-state index contributed by atoms with van der Waals surface area (Å²) in [5.41, 5.74) is 4.03. The zero-order chi connectivity index (χ0) is 14.2. The molecule has 4 N–H and O–H groups in total. The van der Waals surface area contributed by atoms with Gasteiger partial charge in [-0.1, -0.05) is 24.3 Å². The van der Waals surface area contributed by atoms with Crippen molar-refractivity contribution in [3.8, 4) is 0 Å². The second-order valence-corrected chi connectivity index (χ2v) is 4.89. The molecule has 0 atom stereocenters. The van der Waals surface area contributed by atoms with E-state index in [2.05, 4.69) is 20.6 Å². The number of benzene rings is 2. The summed E-state index contributed by atoms with van der Waals surface area (Å²) in [5, 5.41) is 6.47. The zero-order valence-corrected chi connectivity index (χ0v) is 12.2. The van der Waals surface area contributed by atoms with Crippen LogP contribution in [0.25, 0.3) is 17.1 Å². The van der Waals surface area contributed by atoms with Gasteiger partial charge in [-0.2, -0.15) is 4.98 Å². The summed E-state index contributed by atoms with van der Waals surface area (Å²) in [6, 6.07) is 15.5. The van der Waals surface area contributed by atoms with Gasteiger partial charge < -0.3 is 28.0 Å². The highest BCUT2D eigenvalue weighted by Crippen LogP contribution is 2.29. The first kappa shape index (κ1) is 14.2. The van der Waals surface area contributed by atoms with E-state index in [4.69, 9.17) is 0 Å². The Bertz CT molecular complexity index is 906. The Morgan fingerprint density at radius 3 is 2.27 bits per heavy atom. The molecule has 0 radical (unpaired) electrons. The van der Waals surface area contributed by atoms with Gasteiger partial charge in [-0.15, -0.1) is 0 Å². The van der Waals surface area contributed by atoms with Crippen LogP contribution in [-0.2, 0) is 0 Å². The van der Waals surface area contributed by atoms with Gasteiger partial charge >= 0.3 is 5.56 Å². The summed E-state index contributed by atoms with van der Waals surface area (Å²) in [6.07, 6.45) is 1.77. The molecule has 0 amide bonds. The monoisotopic (exact) mass is 312 g/mol. The normalized spacial score (nSPS) is 12.1. The number of halogens is 1. The molecular formula is C16H13ClN4O. The van der Waals surface area contributed by atoms with Crippen LogP contribution in [0.3, 0.4) is 0 Å². The number of aromatic nitrogens is 2. The van der Waals surface area contributed by atoms with E-state index < -0.39 is 0 Å². The van der Waals surface area contributed by atoms with Crippen LogP contribution in [0, 0.1) is 0 Å². The predicted octanol–water partition coefficient (Wildman–Crippen LogP) is -0.818. The number of H-pyrrole nitrogens is 2. The molecule has 0 spiro atoms.